The maximum absolute atomic E-state index is 3.71. The van der Waals surface area contributed by atoms with Gasteiger partial charge in [-0.05, 0) is 77.6 Å². The fraction of sp³-hybridized carbons (Fsp3) is 0.333. The molecule has 1 nitrogen and oxygen atoms in total. The monoisotopic (exact) mass is 411 g/mol. The van der Waals surface area contributed by atoms with Crippen LogP contribution in [0.4, 0.5) is 0 Å². The molecule has 0 aliphatic carbocycles. The molecular weight excluding hydrogens is 389 g/mol. The van der Waals surface area contributed by atoms with Crippen LogP contribution >= 0.6 is 34.4 Å². The van der Waals surface area contributed by atoms with Crippen molar-refractivity contribution in [2.75, 3.05) is 12.8 Å². The van der Waals surface area contributed by atoms with E-state index in [1.807, 2.05) is 11.8 Å². The Balaban J connectivity index is 2.23. The molecule has 0 saturated heterocycles. The van der Waals surface area contributed by atoms with E-state index in [4.69, 9.17) is 0 Å². The van der Waals surface area contributed by atoms with E-state index in [0.717, 1.165) is 19.4 Å². The van der Waals surface area contributed by atoms with Crippen LogP contribution in [-0.4, -0.2) is 12.8 Å². The van der Waals surface area contributed by atoms with Gasteiger partial charge in [0.2, 0.25) is 0 Å². The molecule has 0 aromatic heterocycles. The lowest BCUT2D eigenvalue weighted by Crippen LogP contribution is -2.24. The predicted molar refractivity (Wildman–Crippen MR) is 102 cm³/mol. The first-order valence-electron chi connectivity index (χ1n) is 7.35. The minimum atomic E-state index is 0.383. The predicted octanol–water partition coefficient (Wildman–Crippen LogP) is 5.30. The molecule has 2 rings (SSSR count). The quantitative estimate of drug-likeness (QED) is 0.491. The number of nitrogens with one attached hydrogen (secondary N) is 1. The Bertz CT molecular complexity index is 553. The van der Waals surface area contributed by atoms with Crippen LogP contribution in [0.2, 0.25) is 0 Å². The van der Waals surface area contributed by atoms with Crippen molar-refractivity contribution < 1.29 is 0 Å². The molecule has 0 spiro atoms. The third-order valence-corrected chi connectivity index (χ3v) is 5.04. The Morgan fingerprint density at radius 1 is 1.10 bits per heavy atom. The molecule has 0 fully saturated rings. The zero-order valence-electron chi connectivity index (χ0n) is 12.6. The van der Waals surface area contributed by atoms with Gasteiger partial charge >= 0.3 is 0 Å². The molecule has 1 unspecified atom stereocenters. The molecule has 3 heteroatoms. The zero-order valence-corrected chi connectivity index (χ0v) is 15.6. The van der Waals surface area contributed by atoms with Gasteiger partial charge in [-0.3, -0.25) is 0 Å². The maximum Gasteiger partial charge on any atom is 0.0372 e. The third-order valence-electron chi connectivity index (χ3n) is 3.51. The highest BCUT2D eigenvalue weighted by Crippen LogP contribution is 2.28. The molecule has 112 valence electrons. The summed E-state index contributed by atoms with van der Waals surface area (Å²) in [5, 5.41) is 3.71. The van der Waals surface area contributed by atoms with Gasteiger partial charge in [0, 0.05) is 14.5 Å². The molecule has 0 amide bonds. The highest BCUT2D eigenvalue weighted by atomic mass is 127. The molecule has 0 radical (unpaired) electrons. The van der Waals surface area contributed by atoms with Crippen molar-refractivity contribution >= 4 is 34.4 Å². The lowest BCUT2D eigenvalue weighted by atomic mass is 9.98. The molecule has 0 saturated carbocycles. The average Bonchev–Trinajstić information content (AvgIpc) is 2.53. The van der Waals surface area contributed by atoms with E-state index in [1.54, 1.807) is 0 Å². The fourth-order valence-corrected chi connectivity index (χ4v) is 3.44. The van der Waals surface area contributed by atoms with E-state index in [9.17, 15) is 0 Å². The van der Waals surface area contributed by atoms with Crippen LogP contribution in [0.1, 0.15) is 30.5 Å². The molecular formula is C18H22INS. The number of halogens is 1. The highest BCUT2D eigenvalue weighted by molar-refractivity contribution is 14.1. The number of thioether (sulfide) groups is 1. The molecule has 1 N–H and O–H groups in total. The second-order valence-corrected chi connectivity index (χ2v) is 7.17. The Kier molecular flexibility index (Phi) is 7.07. The summed E-state index contributed by atoms with van der Waals surface area (Å²) in [6, 6.07) is 18.0. The van der Waals surface area contributed by atoms with Crippen molar-refractivity contribution in [2.45, 2.75) is 30.7 Å². The first kappa shape index (κ1) is 16.8. The number of benzene rings is 2. The van der Waals surface area contributed by atoms with Crippen LogP contribution in [0, 0.1) is 3.57 Å². The first-order chi connectivity index (χ1) is 10.2. The summed E-state index contributed by atoms with van der Waals surface area (Å²) in [7, 11) is 0. The minimum Gasteiger partial charge on any atom is -0.310 e. The maximum atomic E-state index is 3.71. The van der Waals surface area contributed by atoms with Crippen molar-refractivity contribution in [3.05, 3.63) is 63.2 Å². The van der Waals surface area contributed by atoms with Crippen molar-refractivity contribution in [1.82, 2.24) is 5.32 Å². The number of hydrogen-bond acceptors (Lipinski definition) is 2. The van der Waals surface area contributed by atoms with Gasteiger partial charge in [0.25, 0.3) is 0 Å². The van der Waals surface area contributed by atoms with Gasteiger partial charge < -0.3 is 5.32 Å². The normalized spacial score (nSPS) is 12.3. The van der Waals surface area contributed by atoms with Crippen molar-refractivity contribution in [3.8, 4) is 0 Å². The summed E-state index contributed by atoms with van der Waals surface area (Å²) in [5.41, 5.74) is 2.80. The molecule has 2 aromatic rings. The highest BCUT2D eigenvalue weighted by Gasteiger charge is 2.14. The van der Waals surface area contributed by atoms with Crippen molar-refractivity contribution in [3.63, 3.8) is 0 Å². The summed E-state index contributed by atoms with van der Waals surface area (Å²) in [5.74, 6) is 0. The minimum absolute atomic E-state index is 0.383. The Morgan fingerprint density at radius 2 is 1.81 bits per heavy atom. The topological polar surface area (TPSA) is 12.0 Å². The van der Waals surface area contributed by atoms with Crippen LogP contribution < -0.4 is 5.32 Å². The molecule has 2 aromatic carbocycles. The van der Waals surface area contributed by atoms with Crippen molar-refractivity contribution in [1.29, 1.82) is 0 Å². The fourth-order valence-electron chi connectivity index (χ4n) is 2.42. The second kappa shape index (κ2) is 8.81. The van der Waals surface area contributed by atoms with E-state index in [1.165, 1.54) is 19.6 Å². The van der Waals surface area contributed by atoms with E-state index >= 15 is 0 Å². The van der Waals surface area contributed by atoms with E-state index in [0.29, 0.717) is 6.04 Å². The molecule has 0 heterocycles. The van der Waals surface area contributed by atoms with Crippen molar-refractivity contribution in [2.24, 2.45) is 0 Å². The SMILES string of the molecule is CCCNC(Cc1ccc(I)cc1)c1ccccc1SC. The molecule has 0 aliphatic heterocycles. The van der Waals surface area contributed by atoms with Gasteiger partial charge in [-0.15, -0.1) is 11.8 Å². The molecule has 0 aliphatic rings. The summed E-state index contributed by atoms with van der Waals surface area (Å²) in [6.45, 7) is 3.27. The Morgan fingerprint density at radius 3 is 2.48 bits per heavy atom. The van der Waals surface area contributed by atoms with Gasteiger partial charge in [0.1, 0.15) is 0 Å². The Labute approximate surface area is 146 Å². The molecule has 0 bridgehead atoms. The van der Waals surface area contributed by atoms with Gasteiger partial charge in [0.05, 0.1) is 0 Å². The summed E-state index contributed by atoms with van der Waals surface area (Å²) in [4.78, 5) is 1.37. The zero-order chi connectivity index (χ0) is 15.1. The van der Waals surface area contributed by atoms with E-state index in [-0.39, 0.29) is 0 Å². The van der Waals surface area contributed by atoms with Gasteiger partial charge in [0.15, 0.2) is 0 Å². The van der Waals surface area contributed by atoms with Crippen LogP contribution in [0.25, 0.3) is 0 Å². The summed E-state index contributed by atoms with van der Waals surface area (Å²) < 4.78 is 1.29. The van der Waals surface area contributed by atoms with E-state index in [2.05, 4.69) is 89.6 Å². The van der Waals surface area contributed by atoms with Gasteiger partial charge in [-0.1, -0.05) is 37.3 Å². The van der Waals surface area contributed by atoms with Crippen LogP contribution in [-0.2, 0) is 6.42 Å². The average molecular weight is 411 g/mol. The first-order valence-corrected chi connectivity index (χ1v) is 9.65. The van der Waals surface area contributed by atoms with Crippen LogP contribution in [0.15, 0.2) is 53.4 Å². The molecule has 21 heavy (non-hydrogen) atoms. The summed E-state index contributed by atoms with van der Waals surface area (Å²) in [6.07, 6.45) is 4.35. The summed E-state index contributed by atoms with van der Waals surface area (Å²) >= 11 is 4.19. The number of rotatable bonds is 7. The van der Waals surface area contributed by atoms with E-state index < -0.39 is 0 Å². The smallest absolute Gasteiger partial charge is 0.0372 e. The lowest BCUT2D eigenvalue weighted by Gasteiger charge is -2.21. The third kappa shape index (κ3) is 5.01. The van der Waals surface area contributed by atoms with Gasteiger partial charge in [-0.25, -0.2) is 0 Å². The lowest BCUT2D eigenvalue weighted by molar-refractivity contribution is 0.523. The second-order valence-electron chi connectivity index (χ2n) is 5.08. The van der Waals surface area contributed by atoms with Gasteiger partial charge in [-0.2, -0.15) is 0 Å². The number of hydrogen-bond donors (Lipinski definition) is 1. The van der Waals surface area contributed by atoms with Crippen LogP contribution in [0.3, 0.4) is 0 Å². The Hall–Kier alpha value is -0.520. The molecule has 1 atom stereocenters. The largest absolute Gasteiger partial charge is 0.310 e. The standard InChI is InChI=1S/C18H22INS/c1-3-12-20-17(13-14-8-10-15(19)11-9-14)16-6-4-5-7-18(16)21-2/h4-11,17,20H,3,12-13H2,1-2H3. The van der Waals surface area contributed by atoms with Crippen LogP contribution in [0.5, 0.6) is 0 Å².